The number of nitrogens with zero attached hydrogens (tertiary/aromatic N) is 3. The highest BCUT2D eigenvalue weighted by molar-refractivity contribution is 6.99. The average molecular weight is 660 g/mol. The molecule has 3 aromatic carbocycles. The van der Waals surface area contributed by atoms with Crippen molar-refractivity contribution in [1.29, 1.82) is 0 Å². The lowest BCUT2D eigenvalue weighted by Crippen LogP contribution is -2.67. The predicted molar refractivity (Wildman–Crippen MR) is 184 cm³/mol. The van der Waals surface area contributed by atoms with E-state index in [1.54, 1.807) is 18.1 Å². The van der Waals surface area contributed by atoms with Gasteiger partial charge in [0.2, 0.25) is 12.0 Å². The second-order valence-electron chi connectivity index (χ2n) is 14.0. The van der Waals surface area contributed by atoms with Gasteiger partial charge in [0.15, 0.2) is 5.82 Å². The van der Waals surface area contributed by atoms with E-state index in [9.17, 15) is 4.79 Å². The van der Waals surface area contributed by atoms with Gasteiger partial charge in [-0.1, -0.05) is 86.6 Å². The molecule has 3 unspecified atom stereocenters. The molecule has 1 aromatic heterocycles. The Labute approximate surface area is 277 Å². The zero-order chi connectivity index (χ0) is 33.3. The van der Waals surface area contributed by atoms with Crippen LogP contribution in [0.3, 0.4) is 0 Å². The number of amides is 1. The summed E-state index contributed by atoms with van der Waals surface area (Å²) in [5, 5.41) is 7.11. The summed E-state index contributed by atoms with van der Waals surface area (Å²) in [5.41, 5.74) is 1.06. The molecule has 5 atom stereocenters. The number of carbonyl (C=O) groups excluding carboxylic acids is 1. The average Bonchev–Trinajstić information content (AvgIpc) is 3.49. The molecule has 0 bridgehead atoms. The Morgan fingerprint density at radius 1 is 0.979 bits per heavy atom. The topological polar surface area (TPSA) is 77.3 Å². The fraction of sp³-hybridized carbons (Fsp3) is 0.459. The van der Waals surface area contributed by atoms with Crippen LogP contribution in [0.4, 0.5) is 10.1 Å². The molecule has 3 heterocycles. The summed E-state index contributed by atoms with van der Waals surface area (Å²) < 4.78 is 41.3. The van der Waals surface area contributed by atoms with Crippen LogP contribution in [0, 0.1) is 11.7 Å². The quantitative estimate of drug-likeness (QED) is 0.169. The summed E-state index contributed by atoms with van der Waals surface area (Å²) in [6.45, 7) is 12.6. The molecule has 0 radical (unpaired) electrons. The van der Waals surface area contributed by atoms with E-state index in [1.165, 1.54) is 10.4 Å². The Kier molecular flexibility index (Phi) is 9.58. The second kappa shape index (κ2) is 13.5. The first kappa shape index (κ1) is 33.3. The zero-order valence-electron chi connectivity index (χ0n) is 28.2. The normalized spacial score (nSPS) is 24.1. The minimum absolute atomic E-state index is 0.0233. The number of benzene rings is 3. The van der Waals surface area contributed by atoms with E-state index in [0.29, 0.717) is 49.4 Å². The van der Waals surface area contributed by atoms with Crippen LogP contribution in [0.5, 0.6) is 0 Å². The zero-order valence-corrected chi connectivity index (χ0v) is 29.2. The summed E-state index contributed by atoms with van der Waals surface area (Å²) >= 11 is 0. The van der Waals surface area contributed by atoms with Crippen molar-refractivity contribution in [2.24, 2.45) is 5.92 Å². The van der Waals surface area contributed by atoms with Gasteiger partial charge >= 0.3 is 0 Å². The largest absolute Gasteiger partial charge is 0.407 e. The number of anilines is 1. The van der Waals surface area contributed by atoms with E-state index < -0.39 is 20.2 Å². The first-order chi connectivity index (χ1) is 22.6. The van der Waals surface area contributed by atoms with Gasteiger partial charge in [0.05, 0.1) is 35.4 Å². The molecule has 250 valence electrons. The Morgan fingerprint density at radius 3 is 2.15 bits per heavy atom. The van der Waals surface area contributed by atoms with Crippen molar-refractivity contribution in [1.82, 2.24) is 10.1 Å². The number of likely N-dealkylation sites (tertiary alicyclic amines) is 1. The monoisotopic (exact) mass is 659 g/mol. The summed E-state index contributed by atoms with van der Waals surface area (Å²) in [4.78, 5) is 16.4. The number of morpholine rings is 1. The van der Waals surface area contributed by atoms with E-state index in [-0.39, 0.29) is 34.9 Å². The molecular weight excluding hydrogens is 614 g/mol. The predicted octanol–water partition coefficient (Wildman–Crippen LogP) is 5.69. The molecule has 47 heavy (non-hydrogen) atoms. The molecule has 0 spiro atoms. The van der Waals surface area contributed by atoms with Crippen LogP contribution in [0.2, 0.25) is 5.04 Å². The molecule has 8 nitrogen and oxygen atoms in total. The molecule has 2 saturated heterocycles. The van der Waals surface area contributed by atoms with Gasteiger partial charge in [0.1, 0.15) is 5.69 Å². The van der Waals surface area contributed by atoms with Gasteiger partial charge in [0.25, 0.3) is 8.32 Å². The summed E-state index contributed by atoms with van der Waals surface area (Å²) in [6, 6.07) is 24.1. The van der Waals surface area contributed by atoms with Crippen molar-refractivity contribution in [3.63, 3.8) is 0 Å². The van der Waals surface area contributed by atoms with Crippen LogP contribution in [0.15, 0.2) is 77.3 Å². The molecule has 0 N–H and O–H groups in total. The van der Waals surface area contributed by atoms with Crippen molar-refractivity contribution in [3.05, 3.63) is 84.3 Å². The molecule has 4 aromatic rings. The van der Waals surface area contributed by atoms with Crippen LogP contribution in [-0.2, 0) is 18.7 Å². The van der Waals surface area contributed by atoms with Gasteiger partial charge in [-0.05, 0) is 47.8 Å². The molecule has 2 fully saturated rings. The summed E-state index contributed by atoms with van der Waals surface area (Å²) in [6.07, 6.45) is 1.23. The fourth-order valence-corrected chi connectivity index (χ4v) is 12.4. The number of ether oxygens (including phenoxy) is 2. The Hall–Kier alpha value is -3.57. The smallest absolute Gasteiger partial charge is 0.261 e. The standard InChI is InChI=1S/C37H46FN3O5Si/c1-25-21-41(22-26(2)45-25)31-18-17-29-34(39-46-36(29)33(31)38)35-30(32(43-6)19-20-40(35)24-42)23-44-47(37(3,4)5,27-13-9-7-10-14-27)28-15-11-8-12-16-28/h7-18,24-26,30,32,35H,19-23H2,1-6H3/t25-,26?,30?,32?,35+/m1/s1. The van der Waals surface area contributed by atoms with Crippen molar-refractivity contribution >= 4 is 41.8 Å². The molecule has 0 saturated carbocycles. The van der Waals surface area contributed by atoms with Crippen molar-refractivity contribution in [3.8, 4) is 0 Å². The highest BCUT2D eigenvalue weighted by Gasteiger charge is 2.52. The second-order valence-corrected chi connectivity index (χ2v) is 18.3. The van der Waals surface area contributed by atoms with Crippen LogP contribution in [-0.4, -0.2) is 76.4 Å². The lowest BCUT2D eigenvalue weighted by Gasteiger charge is -2.47. The van der Waals surface area contributed by atoms with E-state index in [4.69, 9.17) is 18.4 Å². The molecule has 2 aliphatic heterocycles. The third-order valence-electron chi connectivity index (χ3n) is 9.89. The van der Waals surface area contributed by atoms with E-state index in [1.807, 2.05) is 36.9 Å². The lowest BCUT2D eigenvalue weighted by atomic mass is 9.84. The molecule has 6 rings (SSSR count). The highest BCUT2D eigenvalue weighted by Crippen LogP contribution is 2.43. The van der Waals surface area contributed by atoms with Gasteiger partial charge in [0, 0.05) is 39.3 Å². The summed E-state index contributed by atoms with van der Waals surface area (Å²) in [5.74, 6) is -0.753. The molecule has 2 aliphatic rings. The lowest BCUT2D eigenvalue weighted by molar-refractivity contribution is -0.129. The van der Waals surface area contributed by atoms with Crippen molar-refractivity contribution in [2.45, 2.75) is 70.4 Å². The van der Waals surface area contributed by atoms with Crippen molar-refractivity contribution < 1.29 is 27.6 Å². The number of methoxy groups -OCH3 is 1. The number of carbonyl (C=O) groups is 1. The minimum atomic E-state index is -2.90. The summed E-state index contributed by atoms with van der Waals surface area (Å²) in [7, 11) is -1.21. The van der Waals surface area contributed by atoms with Gasteiger partial charge in [-0.15, -0.1) is 0 Å². The van der Waals surface area contributed by atoms with Crippen LogP contribution >= 0.6 is 0 Å². The maximum absolute atomic E-state index is 16.2. The van der Waals surface area contributed by atoms with Gasteiger partial charge in [-0.3, -0.25) is 4.79 Å². The highest BCUT2D eigenvalue weighted by atomic mass is 28.4. The number of rotatable bonds is 9. The Balaban J connectivity index is 1.42. The third-order valence-corrected chi connectivity index (χ3v) is 14.9. The van der Waals surface area contributed by atoms with Crippen LogP contribution in [0.25, 0.3) is 11.0 Å². The Morgan fingerprint density at radius 2 is 1.60 bits per heavy atom. The third kappa shape index (κ3) is 6.12. The van der Waals surface area contributed by atoms with Crippen LogP contribution < -0.4 is 15.3 Å². The first-order valence-corrected chi connectivity index (χ1v) is 18.5. The number of hydrogen-bond donors (Lipinski definition) is 0. The maximum atomic E-state index is 16.2. The van der Waals surface area contributed by atoms with Gasteiger partial charge in [-0.2, -0.15) is 0 Å². The molecule has 10 heteroatoms. The Bertz CT molecular complexity index is 1610. The van der Waals surface area contributed by atoms with E-state index >= 15 is 4.39 Å². The fourth-order valence-electron chi connectivity index (χ4n) is 7.84. The van der Waals surface area contributed by atoms with Gasteiger partial charge in [-0.25, -0.2) is 4.39 Å². The van der Waals surface area contributed by atoms with E-state index in [0.717, 1.165) is 6.41 Å². The number of halogens is 1. The minimum Gasteiger partial charge on any atom is -0.407 e. The molecular formula is C37H46FN3O5Si. The van der Waals surface area contributed by atoms with E-state index in [2.05, 4.69) is 74.5 Å². The number of hydrogen-bond acceptors (Lipinski definition) is 7. The van der Waals surface area contributed by atoms with Crippen LogP contribution in [0.1, 0.15) is 52.8 Å². The number of piperidine rings is 1. The van der Waals surface area contributed by atoms with Crippen molar-refractivity contribution in [2.75, 3.05) is 38.3 Å². The molecule has 1 amide bonds. The van der Waals surface area contributed by atoms with Gasteiger partial charge < -0.3 is 28.2 Å². The maximum Gasteiger partial charge on any atom is 0.261 e. The first-order valence-electron chi connectivity index (χ1n) is 16.6. The SMILES string of the molecule is COC1CCN(C=O)[C@H](c2noc3c(F)c(N4CC(C)O[C@H](C)C4)ccc23)C1CO[Si](c1ccccc1)(c1ccccc1)C(C)(C)C. The molecule has 0 aliphatic carbocycles. The number of aromatic nitrogens is 1. The number of fused-ring (bicyclic) bond motifs is 1.